The maximum absolute atomic E-state index is 10.7. The summed E-state index contributed by atoms with van der Waals surface area (Å²) in [5.41, 5.74) is 0. The number of rotatable bonds is 2. The third kappa shape index (κ3) is 0.865. The minimum Gasteiger partial charge on any atom is -0.373 e. The average molecular weight is 140 g/mol. The predicted molar refractivity (Wildman–Crippen MR) is 32.5 cm³/mol. The first kappa shape index (κ1) is 6.04. The average Bonchev–Trinajstić information content (AvgIpc) is 2.66. The van der Waals surface area contributed by atoms with Gasteiger partial charge in [-0.2, -0.15) is 0 Å². The Kier molecular flexibility index (Phi) is 1.14. The standard InChI is InChI=1S/C7H8O3/c8-6-2-7(9)5(6)1-4-3-10-4/h4-5H,1-3H2. The fraction of sp³-hybridized carbons (Fsp3) is 0.714. The topological polar surface area (TPSA) is 46.7 Å². The molecule has 3 heteroatoms. The van der Waals surface area contributed by atoms with Crippen LogP contribution in [-0.4, -0.2) is 24.3 Å². The summed E-state index contributed by atoms with van der Waals surface area (Å²) >= 11 is 0. The molecule has 1 heterocycles. The second-order valence-electron chi connectivity index (χ2n) is 2.85. The zero-order chi connectivity index (χ0) is 7.14. The van der Waals surface area contributed by atoms with Crippen molar-refractivity contribution in [1.29, 1.82) is 0 Å². The fourth-order valence-electron chi connectivity index (χ4n) is 1.20. The van der Waals surface area contributed by atoms with Crippen molar-refractivity contribution < 1.29 is 14.3 Å². The zero-order valence-corrected chi connectivity index (χ0v) is 5.50. The van der Waals surface area contributed by atoms with Crippen molar-refractivity contribution in [3.63, 3.8) is 0 Å². The van der Waals surface area contributed by atoms with Gasteiger partial charge in [0, 0.05) is 0 Å². The Bertz CT molecular complexity index is 179. The van der Waals surface area contributed by atoms with Crippen LogP contribution in [0.3, 0.4) is 0 Å². The number of carbonyl (C=O) groups is 2. The van der Waals surface area contributed by atoms with Gasteiger partial charge in [-0.1, -0.05) is 0 Å². The van der Waals surface area contributed by atoms with Gasteiger partial charge < -0.3 is 4.74 Å². The van der Waals surface area contributed by atoms with E-state index in [4.69, 9.17) is 4.74 Å². The van der Waals surface area contributed by atoms with Crippen molar-refractivity contribution in [3.05, 3.63) is 0 Å². The van der Waals surface area contributed by atoms with Crippen molar-refractivity contribution in [3.8, 4) is 0 Å². The summed E-state index contributed by atoms with van der Waals surface area (Å²) in [6, 6.07) is 0. The van der Waals surface area contributed by atoms with Gasteiger partial charge >= 0.3 is 0 Å². The number of hydrogen-bond acceptors (Lipinski definition) is 3. The Morgan fingerprint density at radius 3 is 2.40 bits per heavy atom. The predicted octanol–water partition coefficient (Wildman–Crippen LogP) is -0.0666. The normalized spacial score (nSPS) is 32.2. The summed E-state index contributed by atoms with van der Waals surface area (Å²) in [7, 11) is 0. The Labute approximate surface area is 58.4 Å². The molecule has 0 spiro atoms. The highest BCUT2D eigenvalue weighted by molar-refractivity contribution is 6.21. The molecule has 0 bridgehead atoms. The number of hydrogen-bond donors (Lipinski definition) is 0. The van der Waals surface area contributed by atoms with Gasteiger partial charge in [0.05, 0.1) is 25.0 Å². The van der Waals surface area contributed by atoms with E-state index in [0.717, 1.165) is 6.61 Å². The molecule has 0 aromatic rings. The van der Waals surface area contributed by atoms with Crippen molar-refractivity contribution in [2.75, 3.05) is 6.61 Å². The smallest absolute Gasteiger partial charge is 0.150 e. The van der Waals surface area contributed by atoms with E-state index in [1.807, 2.05) is 0 Å². The van der Waals surface area contributed by atoms with Gasteiger partial charge in [-0.25, -0.2) is 0 Å². The molecule has 10 heavy (non-hydrogen) atoms. The molecule has 3 nitrogen and oxygen atoms in total. The lowest BCUT2D eigenvalue weighted by Crippen LogP contribution is -2.38. The molecule has 54 valence electrons. The summed E-state index contributed by atoms with van der Waals surface area (Å²) in [6.45, 7) is 0.733. The Balaban J connectivity index is 1.90. The van der Waals surface area contributed by atoms with E-state index in [1.54, 1.807) is 0 Å². The van der Waals surface area contributed by atoms with Crippen LogP contribution in [0.15, 0.2) is 0 Å². The van der Waals surface area contributed by atoms with E-state index in [1.165, 1.54) is 0 Å². The summed E-state index contributed by atoms with van der Waals surface area (Å²) in [5.74, 6) is -0.103. The first-order valence-electron chi connectivity index (χ1n) is 3.44. The van der Waals surface area contributed by atoms with Gasteiger partial charge in [0.1, 0.15) is 0 Å². The van der Waals surface area contributed by atoms with Crippen molar-refractivity contribution in [2.45, 2.75) is 18.9 Å². The molecule has 0 aromatic carbocycles. The van der Waals surface area contributed by atoms with Gasteiger partial charge in [0.15, 0.2) is 11.6 Å². The third-order valence-corrected chi connectivity index (χ3v) is 2.03. The first-order valence-corrected chi connectivity index (χ1v) is 3.44. The van der Waals surface area contributed by atoms with Gasteiger partial charge in [0.25, 0.3) is 0 Å². The maximum Gasteiger partial charge on any atom is 0.150 e. The molecule has 1 unspecified atom stereocenters. The van der Waals surface area contributed by atoms with E-state index >= 15 is 0 Å². The number of carbonyl (C=O) groups excluding carboxylic acids is 2. The van der Waals surface area contributed by atoms with E-state index in [9.17, 15) is 9.59 Å². The number of ketones is 2. The zero-order valence-electron chi connectivity index (χ0n) is 5.50. The van der Waals surface area contributed by atoms with Crippen LogP contribution in [0, 0.1) is 5.92 Å². The highest BCUT2D eigenvalue weighted by atomic mass is 16.6. The molecule has 2 rings (SSSR count). The minimum atomic E-state index is -0.299. The minimum absolute atomic E-state index is 0.0977. The van der Waals surface area contributed by atoms with Crippen LogP contribution in [-0.2, 0) is 14.3 Å². The van der Waals surface area contributed by atoms with Crippen LogP contribution in [0.2, 0.25) is 0 Å². The molecule has 1 aliphatic heterocycles. The summed E-state index contributed by atoms with van der Waals surface area (Å²) < 4.78 is 4.91. The lowest BCUT2D eigenvalue weighted by molar-refractivity contribution is -0.144. The van der Waals surface area contributed by atoms with Crippen LogP contribution in [0.1, 0.15) is 12.8 Å². The Morgan fingerprint density at radius 1 is 1.40 bits per heavy atom. The summed E-state index contributed by atoms with van der Waals surface area (Å²) in [6.07, 6.45) is 1.01. The van der Waals surface area contributed by atoms with Gasteiger partial charge in [-0.15, -0.1) is 0 Å². The SMILES string of the molecule is O=C1CC(=O)C1CC1CO1. The molecule has 0 radical (unpaired) electrons. The van der Waals surface area contributed by atoms with Crippen LogP contribution < -0.4 is 0 Å². The van der Waals surface area contributed by atoms with Gasteiger partial charge in [-0.3, -0.25) is 9.59 Å². The molecule has 1 saturated carbocycles. The monoisotopic (exact) mass is 140 g/mol. The molecule has 1 aliphatic carbocycles. The number of epoxide rings is 1. The lowest BCUT2D eigenvalue weighted by atomic mass is 9.79. The quantitative estimate of drug-likeness (QED) is 0.398. The molecule has 0 aromatic heterocycles. The summed E-state index contributed by atoms with van der Waals surface area (Å²) in [4.78, 5) is 21.5. The molecule has 1 saturated heterocycles. The second-order valence-corrected chi connectivity index (χ2v) is 2.85. The van der Waals surface area contributed by atoms with Crippen LogP contribution in [0.4, 0.5) is 0 Å². The van der Waals surface area contributed by atoms with E-state index < -0.39 is 0 Å². The van der Waals surface area contributed by atoms with E-state index in [0.29, 0.717) is 6.42 Å². The van der Waals surface area contributed by atoms with Crippen LogP contribution in [0.5, 0.6) is 0 Å². The Hall–Kier alpha value is -0.700. The second kappa shape index (κ2) is 1.89. The van der Waals surface area contributed by atoms with Crippen LogP contribution >= 0.6 is 0 Å². The lowest BCUT2D eigenvalue weighted by Gasteiger charge is -2.20. The van der Waals surface area contributed by atoms with Crippen molar-refractivity contribution in [2.24, 2.45) is 5.92 Å². The van der Waals surface area contributed by atoms with E-state index in [-0.39, 0.29) is 30.0 Å². The molecular weight excluding hydrogens is 132 g/mol. The first-order chi connectivity index (χ1) is 4.77. The molecule has 1 atom stereocenters. The number of Topliss-reactive ketones (excluding diaryl/α,β-unsaturated/α-hetero) is 2. The van der Waals surface area contributed by atoms with Crippen molar-refractivity contribution in [1.82, 2.24) is 0 Å². The molecule has 2 aliphatic rings. The number of ether oxygens (including phenoxy) is 1. The van der Waals surface area contributed by atoms with Crippen LogP contribution in [0.25, 0.3) is 0 Å². The van der Waals surface area contributed by atoms with Gasteiger partial charge in [-0.05, 0) is 6.42 Å². The van der Waals surface area contributed by atoms with Gasteiger partial charge in [0.2, 0.25) is 0 Å². The fourth-order valence-corrected chi connectivity index (χ4v) is 1.20. The Morgan fingerprint density at radius 2 is 2.00 bits per heavy atom. The molecule has 0 amide bonds. The van der Waals surface area contributed by atoms with Crippen molar-refractivity contribution >= 4 is 11.6 Å². The molecule has 2 fully saturated rings. The highest BCUT2D eigenvalue weighted by Gasteiger charge is 2.41. The maximum atomic E-state index is 10.7. The van der Waals surface area contributed by atoms with E-state index in [2.05, 4.69) is 0 Å². The summed E-state index contributed by atoms with van der Waals surface area (Å²) in [5, 5.41) is 0. The largest absolute Gasteiger partial charge is 0.373 e. The molecular formula is C7H8O3. The highest BCUT2D eigenvalue weighted by Crippen LogP contribution is 2.28. The molecule has 0 N–H and O–H groups in total. The third-order valence-electron chi connectivity index (χ3n) is 2.03.